The van der Waals surface area contributed by atoms with Crippen LogP contribution in [0.4, 0.5) is 0 Å². The van der Waals surface area contributed by atoms with Crippen LogP contribution in [-0.4, -0.2) is 24.9 Å². The molecule has 0 amide bonds. The number of hydrogen-bond acceptors (Lipinski definition) is 3. The van der Waals surface area contributed by atoms with Gasteiger partial charge in [-0.3, -0.25) is 0 Å². The van der Waals surface area contributed by atoms with Gasteiger partial charge in [-0.05, 0) is 28.4 Å². The molecule has 0 saturated carbocycles. The largest absolute Gasteiger partial charge is 0.506 e. The van der Waals surface area contributed by atoms with Crippen molar-refractivity contribution in [3.63, 3.8) is 0 Å². The number of phenolic OH excluding ortho intramolecular Hbond substituents is 1. The number of rotatable bonds is 8. The fourth-order valence-corrected chi connectivity index (χ4v) is 1.75. The van der Waals surface area contributed by atoms with Gasteiger partial charge in [-0.1, -0.05) is 18.2 Å². The normalized spacial score (nSPS) is 10.4. The van der Waals surface area contributed by atoms with Crippen LogP contribution in [0.3, 0.4) is 0 Å². The Bertz CT molecular complexity index is 355. The lowest BCUT2D eigenvalue weighted by molar-refractivity contribution is 0.140. The summed E-state index contributed by atoms with van der Waals surface area (Å²) in [5.74, 6) is 0.299. The first-order chi connectivity index (χ1) is 8.25. The summed E-state index contributed by atoms with van der Waals surface area (Å²) in [5.41, 5.74) is 0.880. The van der Waals surface area contributed by atoms with E-state index in [1.807, 2.05) is 24.3 Å². The molecule has 4 heteroatoms. The van der Waals surface area contributed by atoms with Gasteiger partial charge in [0.1, 0.15) is 5.75 Å². The second-order valence-electron chi connectivity index (χ2n) is 3.61. The van der Waals surface area contributed by atoms with E-state index in [9.17, 15) is 5.11 Å². The van der Waals surface area contributed by atoms with Gasteiger partial charge in [-0.2, -0.15) is 0 Å². The first kappa shape index (κ1) is 14.2. The SMILES string of the molecule is C=CCCOCCNCc1cccc(Br)c1O. The maximum absolute atomic E-state index is 9.74. The lowest BCUT2D eigenvalue weighted by Gasteiger charge is -2.08. The number of halogens is 1. The summed E-state index contributed by atoms with van der Waals surface area (Å²) in [7, 11) is 0. The highest BCUT2D eigenvalue weighted by molar-refractivity contribution is 9.10. The first-order valence-electron chi connectivity index (χ1n) is 5.61. The van der Waals surface area contributed by atoms with Gasteiger partial charge < -0.3 is 15.2 Å². The van der Waals surface area contributed by atoms with E-state index in [0.29, 0.717) is 25.5 Å². The topological polar surface area (TPSA) is 41.5 Å². The predicted molar refractivity (Wildman–Crippen MR) is 73.1 cm³/mol. The van der Waals surface area contributed by atoms with Crippen LogP contribution in [0.25, 0.3) is 0 Å². The molecule has 3 nitrogen and oxygen atoms in total. The third kappa shape index (κ3) is 5.35. The molecule has 0 aliphatic carbocycles. The van der Waals surface area contributed by atoms with Crippen molar-refractivity contribution in [2.45, 2.75) is 13.0 Å². The zero-order chi connectivity index (χ0) is 12.5. The monoisotopic (exact) mass is 299 g/mol. The van der Waals surface area contributed by atoms with Gasteiger partial charge in [0.15, 0.2) is 0 Å². The summed E-state index contributed by atoms with van der Waals surface area (Å²) in [6.07, 6.45) is 2.72. The molecule has 2 N–H and O–H groups in total. The average Bonchev–Trinajstić information content (AvgIpc) is 2.33. The number of ether oxygens (including phenoxy) is 1. The Morgan fingerprint density at radius 1 is 1.41 bits per heavy atom. The van der Waals surface area contributed by atoms with Gasteiger partial charge in [-0.15, -0.1) is 6.58 Å². The minimum Gasteiger partial charge on any atom is -0.506 e. The van der Waals surface area contributed by atoms with E-state index in [0.717, 1.165) is 23.0 Å². The smallest absolute Gasteiger partial charge is 0.134 e. The molecular formula is C13H18BrNO2. The molecule has 0 fully saturated rings. The molecule has 0 heterocycles. The fourth-order valence-electron chi connectivity index (χ4n) is 1.34. The van der Waals surface area contributed by atoms with Crippen LogP contribution in [0, 0.1) is 0 Å². The molecular weight excluding hydrogens is 282 g/mol. The Balaban J connectivity index is 2.18. The Labute approximate surface area is 111 Å². The lowest BCUT2D eigenvalue weighted by atomic mass is 10.2. The third-order valence-electron chi connectivity index (χ3n) is 2.28. The number of phenols is 1. The molecule has 17 heavy (non-hydrogen) atoms. The number of para-hydroxylation sites is 1. The first-order valence-corrected chi connectivity index (χ1v) is 6.40. The van der Waals surface area contributed by atoms with Crippen LogP contribution in [-0.2, 0) is 11.3 Å². The third-order valence-corrected chi connectivity index (χ3v) is 2.92. The van der Waals surface area contributed by atoms with Gasteiger partial charge in [0.05, 0.1) is 17.7 Å². The Morgan fingerprint density at radius 3 is 3.00 bits per heavy atom. The number of aromatic hydroxyl groups is 1. The molecule has 0 aromatic heterocycles. The fraction of sp³-hybridized carbons (Fsp3) is 0.385. The second kappa shape index (κ2) is 8.28. The Hall–Kier alpha value is -0.840. The van der Waals surface area contributed by atoms with Gasteiger partial charge in [0.25, 0.3) is 0 Å². The minimum atomic E-state index is 0.299. The molecule has 0 spiro atoms. The lowest BCUT2D eigenvalue weighted by Crippen LogP contribution is -2.19. The molecule has 1 rings (SSSR count). The molecule has 0 radical (unpaired) electrons. The number of nitrogens with one attached hydrogen (secondary N) is 1. The maximum Gasteiger partial charge on any atom is 0.134 e. The highest BCUT2D eigenvalue weighted by Crippen LogP contribution is 2.26. The van der Waals surface area contributed by atoms with Crippen molar-refractivity contribution in [1.29, 1.82) is 0 Å². The van der Waals surface area contributed by atoms with Crippen LogP contribution in [0.1, 0.15) is 12.0 Å². The highest BCUT2D eigenvalue weighted by Gasteiger charge is 2.03. The molecule has 0 unspecified atom stereocenters. The van der Waals surface area contributed by atoms with Gasteiger partial charge in [0.2, 0.25) is 0 Å². The molecule has 0 bridgehead atoms. The molecule has 0 aliphatic heterocycles. The van der Waals surface area contributed by atoms with Crippen LogP contribution in [0.15, 0.2) is 35.3 Å². The number of benzene rings is 1. The van der Waals surface area contributed by atoms with E-state index in [2.05, 4.69) is 27.8 Å². The van der Waals surface area contributed by atoms with E-state index < -0.39 is 0 Å². The van der Waals surface area contributed by atoms with E-state index in [1.54, 1.807) is 0 Å². The molecule has 94 valence electrons. The van der Waals surface area contributed by atoms with Crippen molar-refractivity contribution >= 4 is 15.9 Å². The highest BCUT2D eigenvalue weighted by atomic mass is 79.9. The van der Waals surface area contributed by atoms with Gasteiger partial charge in [-0.25, -0.2) is 0 Å². The molecule has 1 aromatic carbocycles. The summed E-state index contributed by atoms with van der Waals surface area (Å²) in [4.78, 5) is 0. The van der Waals surface area contributed by atoms with Crippen LogP contribution in [0.5, 0.6) is 5.75 Å². The quantitative estimate of drug-likeness (QED) is 0.573. The maximum atomic E-state index is 9.74. The summed E-state index contributed by atoms with van der Waals surface area (Å²) < 4.78 is 6.08. The van der Waals surface area contributed by atoms with Crippen LogP contribution in [0.2, 0.25) is 0 Å². The Morgan fingerprint density at radius 2 is 2.24 bits per heavy atom. The summed E-state index contributed by atoms with van der Waals surface area (Å²) in [6, 6.07) is 5.62. The van der Waals surface area contributed by atoms with Crippen molar-refractivity contribution in [3.8, 4) is 5.75 Å². The van der Waals surface area contributed by atoms with E-state index in [4.69, 9.17) is 4.74 Å². The van der Waals surface area contributed by atoms with Crippen molar-refractivity contribution in [1.82, 2.24) is 5.32 Å². The van der Waals surface area contributed by atoms with E-state index in [1.165, 1.54) is 0 Å². The Kier molecular flexibility index (Phi) is 6.93. The zero-order valence-corrected chi connectivity index (χ0v) is 11.4. The van der Waals surface area contributed by atoms with Crippen molar-refractivity contribution < 1.29 is 9.84 Å². The van der Waals surface area contributed by atoms with Crippen molar-refractivity contribution in [2.24, 2.45) is 0 Å². The summed E-state index contributed by atoms with van der Waals surface area (Å²) in [6.45, 7) is 6.41. The molecule has 0 aliphatic rings. The molecule has 0 saturated heterocycles. The molecule has 1 aromatic rings. The minimum absolute atomic E-state index is 0.299. The molecule has 0 atom stereocenters. The predicted octanol–water partition coefficient (Wildman–Crippen LogP) is 2.84. The van der Waals surface area contributed by atoms with E-state index >= 15 is 0 Å². The summed E-state index contributed by atoms with van der Waals surface area (Å²) in [5, 5.41) is 13.0. The van der Waals surface area contributed by atoms with Crippen molar-refractivity contribution in [3.05, 3.63) is 40.9 Å². The summed E-state index contributed by atoms with van der Waals surface area (Å²) >= 11 is 3.29. The van der Waals surface area contributed by atoms with Gasteiger partial charge >= 0.3 is 0 Å². The van der Waals surface area contributed by atoms with Crippen molar-refractivity contribution in [2.75, 3.05) is 19.8 Å². The zero-order valence-electron chi connectivity index (χ0n) is 9.79. The van der Waals surface area contributed by atoms with E-state index in [-0.39, 0.29) is 0 Å². The number of hydrogen-bond donors (Lipinski definition) is 2. The van der Waals surface area contributed by atoms with Crippen LogP contribution >= 0.6 is 15.9 Å². The average molecular weight is 300 g/mol. The van der Waals surface area contributed by atoms with Gasteiger partial charge in [0, 0.05) is 18.7 Å². The standard InChI is InChI=1S/C13H18BrNO2/c1-2-3-8-17-9-7-15-10-11-5-4-6-12(14)13(11)16/h2,4-6,15-16H,1,3,7-10H2. The van der Waals surface area contributed by atoms with Crippen LogP contribution < -0.4 is 5.32 Å². The second-order valence-corrected chi connectivity index (χ2v) is 4.47.